The highest BCUT2D eigenvalue weighted by Crippen LogP contribution is 2.03. The van der Waals surface area contributed by atoms with Crippen LogP contribution in [0.4, 0.5) is 4.79 Å². The smallest absolute Gasteiger partial charge is 0.315 e. The van der Waals surface area contributed by atoms with Crippen molar-refractivity contribution in [3.8, 4) is 0 Å². The van der Waals surface area contributed by atoms with Crippen LogP contribution in [0.3, 0.4) is 0 Å². The largest absolute Gasteiger partial charge is 0.396 e. The van der Waals surface area contributed by atoms with Crippen LogP contribution in [0, 0.1) is 6.92 Å². The zero-order valence-corrected chi connectivity index (χ0v) is 13.0. The molecule has 1 aromatic rings. The maximum atomic E-state index is 11.7. The number of hydrogen-bond donors (Lipinski definition) is 3. The monoisotopic (exact) mass is 296 g/mol. The molecule has 4 nitrogen and oxygen atoms in total. The Kier molecular flexibility index (Phi) is 8.14. The van der Waals surface area contributed by atoms with Crippen LogP contribution >= 0.6 is 11.8 Å². The molecule has 112 valence electrons. The summed E-state index contributed by atoms with van der Waals surface area (Å²) in [6.45, 7) is 2.76. The van der Waals surface area contributed by atoms with E-state index >= 15 is 0 Å². The van der Waals surface area contributed by atoms with Crippen molar-refractivity contribution in [2.45, 2.75) is 25.8 Å². The minimum absolute atomic E-state index is 0.0226. The third-order valence-electron chi connectivity index (χ3n) is 3.00. The van der Waals surface area contributed by atoms with Gasteiger partial charge in [-0.15, -0.1) is 0 Å². The summed E-state index contributed by atoms with van der Waals surface area (Å²) in [6, 6.07) is 8.17. The van der Waals surface area contributed by atoms with Crippen LogP contribution in [0.25, 0.3) is 0 Å². The third kappa shape index (κ3) is 6.82. The molecule has 0 saturated heterocycles. The van der Waals surface area contributed by atoms with E-state index in [0.717, 1.165) is 12.2 Å². The van der Waals surface area contributed by atoms with E-state index in [2.05, 4.69) is 41.8 Å². The van der Waals surface area contributed by atoms with E-state index in [1.165, 1.54) is 11.1 Å². The molecule has 0 spiro atoms. The maximum absolute atomic E-state index is 11.7. The fraction of sp³-hybridized carbons (Fsp3) is 0.533. The summed E-state index contributed by atoms with van der Waals surface area (Å²) in [6.07, 6.45) is 3.40. The van der Waals surface area contributed by atoms with E-state index in [1.54, 1.807) is 11.8 Å². The highest BCUT2D eigenvalue weighted by Gasteiger charge is 2.10. The van der Waals surface area contributed by atoms with Crippen molar-refractivity contribution in [3.63, 3.8) is 0 Å². The van der Waals surface area contributed by atoms with Gasteiger partial charge in [-0.25, -0.2) is 4.79 Å². The van der Waals surface area contributed by atoms with Gasteiger partial charge in [0.2, 0.25) is 0 Å². The predicted molar refractivity (Wildman–Crippen MR) is 85.3 cm³/mol. The van der Waals surface area contributed by atoms with Crippen LogP contribution < -0.4 is 10.6 Å². The Bertz CT molecular complexity index is 389. The van der Waals surface area contributed by atoms with Gasteiger partial charge in [0.1, 0.15) is 0 Å². The van der Waals surface area contributed by atoms with Crippen LogP contribution in [-0.4, -0.2) is 42.3 Å². The van der Waals surface area contributed by atoms with Gasteiger partial charge in [-0.2, -0.15) is 11.8 Å². The number of benzene rings is 1. The van der Waals surface area contributed by atoms with E-state index in [0.29, 0.717) is 13.0 Å². The summed E-state index contributed by atoms with van der Waals surface area (Å²) in [5.74, 6) is 0.811. The average molecular weight is 296 g/mol. The van der Waals surface area contributed by atoms with Crippen molar-refractivity contribution in [2.75, 3.05) is 25.2 Å². The van der Waals surface area contributed by atoms with E-state index < -0.39 is 0 Å². The Morgan fingerprint density at radius 2 is 2.05 bits per heavy atom. The van der Waals surface area contributed by atoms with Gasteiger partial charge in [-0.3, -0.25) is 0 Å². The van der Waals surface area contributed by atoms with Crippen molar-refractivity contribution in [2.24, 2.45) is 0 Å². The van der Waals surface area contributed by atoms with E-state index in [9.17, 15) is 4.79 Å². The Balaban J connectivity index is 2.26. The predicted octanol–water partition coefficient (Wildman–Crippen LogP) is 1.95. The Morgan fingerprint density at radius 3 is 2.65 bits per heavy atom. The zero-order chi connectivity index (χ0) is 14.8. The first kappa shape index (κ1) is 16.9. The first-order valence-corrected chi connectivity index (χ1v) is 8.24. The topological polar surface area (TPSA) is 61.4 Å². The van der Waals surface area contributed by atoms with Crippen molar-refractivity contribution >= 4 is 17.8 Å². The molecule has 1 aromatic carbocycles. The second-order valence-electron chi connectivity index (χ2n) is 4.80. The van der Waals surface area contributed by atoms with Gasteiger partial charge >= 0.3 is 6.03 Å². The average Bonchev–Trinajstić information content (AvgIpc) is 2.41. The second-order valence-corrected chi connectivity index (χ2v) is 5.71. The molecule has 20 heavy (non-hydrogen) atoms. The summed E-state index contributed by atoms with van der Waals surface area (Å²) >= 11 is 1.66. The molecule has 5 heteroatoms. The lowest BCUT2D eigenvalue weighted by atomic mass is 10.1. The number of thioether (sulfide) groups is 1. The van der Waals surface area contributed by atoms with Gasteiger partial charge in [-0.05, 0) is 31.6 Å². The summed E-state index contributed by atoms with van der Waals surface area (Å²) in [5.41, 5.74) is 2.45. The number of carbonyl (C=O) groups excluding carboxylic acids is 1. The molecule has 0 fully saturated rings. The second kappa shape index (κ2) is 9.66. The lowest BCUT2D eigenvalue weighted by Gasteiger charge is -2.17. The summed E-state index contributed by atoms with van der Waals surface area (Å²) in [5, 5.41) is 14.7. The minimum Gasteiger partial charge on any atom is -0.396 e. The first-order chi connectivity index (χ1) is 9.65. The first-order valence-electron chi connectivity index (χ1n) is 6.85. The third-order valence-corrected chi connectivity index (χ3v) is 3.74. The molecule has 0 saturated carbocycles. The summed E-state index contributed by atoms with van der Waals surface area (Å²) in [4.78, 5) is 11.7. The lowest BCUT2D eigenvalue weighted by molar-refractivity contribution is 0.231. The molecule has 1 atom stereocenters. The summed E-state index contributed by atoms with van der Waals surface area (Å²) in [7, 11) is 0. The molecule has 2 amide bonds. The number of carbonyl (C=O) groups is 1. The van der Waals surface area contributed by atoms with E-state index in [-0.39, 0.29) is 18.7 Å². The molecule has 0 heterocycles. The normalized spacial score (nSPS) is 11.9. The van der Waals surface area contributed by atoms with Gasteiger partial charge in [0.15, 0.2) is 0 Å². The SMILES string of the molecule is CSCC(CCO)NC(=O)NCCc1ccc(C)cc1. The van der Waals surface area contributed by atoms with Crippen LogP contribution in [0.5, 0.6) is 0 Å². The van der Waals surface area contributed by atoms with Crippen LogP contribution in [0.1, 0.15) is 17.5 Å². The maximum Gasteiger partial charge on any atom is 0.315 e. The molecule has 0 aliphatic heterocycles. The molecule has 0 aliphatic rings. The van der Waals surface area contributed by atoms with Crippen molar-refractivity contribution in [1.29, 1.82) is 0 Å². The standard InChI is InChI=1S/C15H24N2O2S/c1-12-3-5-13(6-4-12)7-9-16-15(19)17-14(8-10-18)11-20-2/h3-6,14,18H,7-11H2,1-2H3,(H2,16,17,19). The van der Waals surface area contributed by atoms with Crippen LogP contribution in [-0.2, 0) is 6.42 Å². The van der Waals surface area contributed by atoms with Gasteiger partial charge in [-0.1, -0.05) is 29.8 Å². The van der Waals surface area contributed by atoms with E-state index in [4.69, 9.17) is 5.11 Å². The fourth-order valence-electron chi connectivity index (χ4n) is 1.87. The van der Waals surface area contributed by atoms with Gasteiger partial charge in [0, 0.05) is 24.9 Å². The molecular formula is C15H24N2O2S. The van der Waals surface area contributed by atoms with Gasteiger partial charge in [0.05, 0.1) is 0 Å². The number of aryl methyl sites for hydroxylation is 1. The highest BCUT2D eigenvalue weighted by atomic mass is 32.2. The van der Waals surface area contributed by atoms with Crippen molar-refractivity contribution in [3.05, 3.63) is 35.4 Å². The number of hydrogen-bond acceptors (Lipinski definition) is 3. The number of nitrogens with one attached hydrogen (secondary N) is 2. The fourth-order valence-corrected chi connectivity index (χ4v) is 2.52. The Hall–Kier alpha value is -1.20. The molecule has 1 unspecified atom stereocenters. The van der Waals surface area contributed by atoms with Gasteiger partial charge in [0.25, 0.3) is 0 Å². The van der Waals surface area contributed by atoms with Crippen molar-refractivity contribution < 1.29 is 9.90 Å². The zero-order valence-electron chi connectivity index (χ0n) is 12.2. The van der Waals surface area contributed by atoms with Gasteiger partial charge < -0.3 is 15.7 Å². The van der Waals surface area contributed by atoms with Crippen LogP contribution in [0.15, 0.2) is 24.3 Å². The van der Waals surface area contributed by atoms with E-state index in [1.807, 2.05) is 6.26 Å². The number of aliphatic hydroxyl groups is 1. The summed E-state index contributed by atoms with van der Waals surface area (Å²) < 4.78 is 0. The number of urea groups is 1. The molecule has 3 N–H and O–H groups in total. The van der Waals surface area contributed by atoms with Crippen LogP contribution in [0.2, 0.25) is 0 Å². The minimum atomic E-state index is -0.162. The Morgan fingerprint density at radius 1 is 1.35 bits per heavy atom. The number of amides is 2. The molecule has 0 bridgehead atoms. The quantitative estimate of drug-likeness (QED) is 0.687. The molecule has 0 aliphatic carbocycles. The number of rotatable bonds is 8. The molecule has 1 rings (SSSR count). The highest BCUT2D eigenvalue weighted by molar-refractivity contribution is 7.98. The Labute approximate surface area is 125 Å². The molecular weight excluding hydrogens is 272 g/mol. The lowest BCUT2D eigenvalue weighted by Crippen LogP contribution is -2.44. The number of aliphatic hydroxyl groups excluding tert-OH is 1. The molecule has 0 radical (unpaired) electrons. The van der Waals surface area contributed by atoms with Crippen molar-refractivity contribution in [1.82, 2.24) is 10.6 Å². The molecule has 0 aromatic heterocycles.